The van der Waals surface area contributed by atoms with E-state index in [2.05, 4.69) is 12.2 Å². The van der Waals surface area contributed by atoms with Crippen LogP contribution in [0.15, 0.2) is 11.4 Å². The van der Waals surface area contributed by atoms with E-state index in [1.807, 2.05) is 6.92 Å². The van der Waals surface area contributed by atoms with Crippen LogP contribution in [0.4, 0.5) is 9.59 Å². The molecule has 0 radical (unpaired) electrons. The predicted octanol–water partition coefficient (Wildman–Crippen LogP) is 0.406. The number of aliphatic hydroxyl groups excluding tert-OH is 1. The first kappa shape index (κ1) is 26.2. The second kappa shape index (κ2) is 9.89. The zero-order chi connectivity index (χ0) is 26.3. The Kier molecular flexibility index (Phi) is 7.20. The molecule has 0 aromatic heterocycles. The van der Waals surface area contributed by atoms with Crippen molar-refractivity contribution in [1.82, 2.24) is 20.0 Å². The smallest absolute Gasteiger partial charge is 0.329 e. The number of nitrogens with one attached hydrogen (secondary N) is 1. The fourth-order valence-corrected chi connectivity index (χ4v) is 5.92. The standard InChI is InChI=1S/C24H38N6O6/c1-3-4-10-29-18(31)16(17(25)26)19(32)30(22(29)35)15-5-7-23(2,8-6-15)12-28-13-24(9-11-36-14-24)20(33)27-21(28)34/h15,19,32H,3-14,25-26H2,1-2H3,(H,27,33,34)/t15?,19?,23?,24-/m1/s1. The molecule has 1 aliphatic carbocycles. The van der Waals surface area contributed by atoms with E-state index in [1.165, 1.54) is 4.90 Å². The second-order valence-corrected chi connectivity index (χ2v) is 11.0. The molecule has 3 heterocycles. The summed E-state index contributed by atoms with van der Waals surface area (Å²) in [4.78, 5) is 55.4. The first-order valence-corrected chi connectivity index (χ1v) is 12.8. The molecule has 4 aliphatic rings. The van der Waals surface area contributed by atoms with Crippen molar-refractivity contribution in [3.63, 3.8) is 0 Å². The van der Waals surface area contributed by atoms with Gasteiger partial charge in [0.1, 0.15) is 11.4 Å². The minimum Gasteiger partial charge on any atom is -0.385 e. The number of imide groups is 2. The van der Waals surface area contributed by atoms with Crippen molar-refractivity contribution in [3.8, 4) is 0 Å². The lowest BCUT2D eigenvalue weighted by Gasteiger charge is -2.48. The van der Waals surface area contributed by atoms with Gasteiger partial charge in [-0.25, -0.2) is 9.59 Å². The SMILES string of the molecule is CCCCN1C(=O)C(=C(N)N)C(O)N(C2CCC(C)(CN3C[C@@]4(CCOC4)C(=O)NC3=O)CC2)C1=O. The van der Waals surface area contributed by atoms with E-state index >= 15 is 0 Å². The number of carbonyl (C=O) groups is 4. The molecule has 2 atom stereocenters. The average molecular weight is 507 g/mol. The number of nitrogens with two attached hydrogens (primary N) is 2. The molecule has 200 valence electrons. The Balaban J connectivity index is 1.45. The van der Waals surface area contributed by atoms with Crippen LogP contribution in [0.1, 0.15) is 58.8 Å². The van der Waals surface area contributed by atoms with Crippen molar-refractivity contribution in [3.05, 3.63) is 11.4 Å². The fourth-order valence-electron chi connectivity index (χ4n) is 5.92. The van der Waals surface area contributed by atoms with Gasteiger partial charge in [0.05, 0.1) is 12.0 Å². The van der Waals surface area contributed by atoms with Gasteiger partial charge >= 0.3 is 12.1 Å². The van der Waals surface area contributed by atoms with Crippen molar-refractivity contribution in [1.29, 1.82) is 0 Å². The van der Waals surface area contributed by atoms with Crippen LogP contribution in [0.25, 0.3) is 0 Å². The van der Waals surface area contributed by atoms with E-state index in [-0.39, 0.29) is 41.3 Å². The molecule has 1 saturated carbocycles. The number of aliphatic hydroxyl groups is 1. The third-order valence-electron chi connectivity index (χ3n) is 8.21. The Morgan fingerprint density at radius 2 is 1.86 bits per heavy atom. The fraction of sp³-hybridized carbons (Fsp3) is 0.750. The molecule has 12 heteroatoms. The summed E-state index contributed by atoms with van der Waals surface area (Å²) in [5.74, 6) is -1.20. The molecule has 36 heavy (non-hydrogen) atoms. The van der Waals surface area contributed by atoms with E-state index < -0.39 is 23.6 Å². The largest absolute Gasteiger partial charge is 0.385 e. The molecule has 0 aromatic carbocycles. The summed E-state index contributed by atoms with van der Waals surface area (Å²) in [5, 5.41) is 13.4. The highest BCUT2D eigenvalue weighted by atomic mass is 16.5. The Morgan fingerprint density at radius 1 is 1.17 bits per heavy atom. The zero-order valence-corrected chi connectivity index (χ0v) is 21.1. The Hall–Kier alpha value is -2.86. The van der Waals surface area contributed by atoms with Crippen molar-refractivity contribution in [2.45, 2.75) is 71.1 Å². The lowest BCUT2D eigenvalue weighted by atomic mass is 9.72. The third kappa shape index (κ3) is 4.63. The lowest BCUT2D eigenvalue weighted by Crippen LogP contribution is -2.64. The topological polar surface area (TPSA) is 172 Å². The van der Waals surface area contributed by atoms with E-state index in [9.17, 15) is 24.3 Å². The molecule has 6 N–H and O–H groups in total. The first-order valence-electron chi connectivity index (χ1n) is 12.8. The van der Waals surface area contributed by atoms with E-state index in [0.717, 1.165) is 11.3 Å². The number of urea groups is 2. The monoisotopic (exact) mass is 506 g/mol. The van der Waals surface area contributed by atoms with Crippen LogP contribution >= 0.6 is 0 Å². The number of rotatable bonds is 6. The van der Waals surface area contributed by atoms with Crippen LogP contribution in [0.3, 0.4) is 0 Å². The second-order valence-electron chi connectivity index (χ2n) is 11.0. The molecular formula is C24H38N6O6. The van der Waals surface area contributed by atoms with Crippen LogP contribution < -0.4 is 16.8 Å². The van der Waals surface area contributed by atoms with Gasteiger partial charge in [0.2, 0.25) is 5.91 Å². The minimum atomic E-state index is -1.50. The van der Waals surface area contributed by atoms with Gasteiger partial charge in [-0.1, -0.05) is 20.3 Å². The lowest BCUT2D eigenvalue weighted by molar-refractivity contribution is -0.133. The van der Waals surface area contributed by atoms with E-state index in [4.69, 9.17) is 16.2 Å². The number of unbranched alkanes of at least 4 members (excludes halogenated alkanes) is 1. The maximum absolute atomic E-state index is 13.3. The van der Waals surface area contributed by atoms with Gasteiger partial charge in [0.25, 0.3) is 5.91 Å². The van der Waals surface area contributed by atoms with Gasteiger partial charge in [-0.15, -0.1) is 0 Å². The van der Waals surface area contributed by atoms with Crippen molar-refractivity contribution < 1.29 is 29.0 Å². The van der Waals surface area contributed by atoms with Gasteiger partial charge in [0, 0.05) is 32.3 Å². The van der Waals surface area contributed by atoms with Crippen LogP contribution in [0.2, 0.25) is 0 Å². The highest BCUT2D eigenvalue weighted by molar-refractivity contribution is 6.07. The molecule has 4 rings (SSSR count). The Labute approximate surface area is 210 Å². The molecule has 3 aliphatic heterocycles. The molecule has 4 fully saturated rings. The van der Waals surface area contributed by atoms with Gasteiger partial charge in [-0.05, 0) is 43.9 Å². The van der Waals surface area contributed by atoms with Crippen molar-refractivity contribution in [2.75, 3.05) is 32.8 Å². The quantitative estimate of drug-likeness (QED) is 0.375. The minimum absolute atomic E-state index is 0.155. The first-order chi connectivity index (χ1) is 17.0. The van der Waals surface area contributed by atoms with Crippen LogP contribution in [-0.4, -0.2) is 88.8 Å². The number of ether oxygens (including phenoxy) is 1. The number of nitrogens with zero attached hydrogens (tertiary/aromatic N) is 3. The molecule has 12 nitrogen and oxygen atoms in total. The molecule has 1 spiro atoms. The highest BCUT2D eigenvalue weighted by Crippen LogP contribution is 2.42. The number of hydrogen-bond acceptors (Lipinski definition) is 8. The predicted molar refractivity (Wildman–Crippen MR) is 129 cm³/mol. The summed E-state index contributed by atoms with van der Waals surface area (Å²) in [7, 11) is 0. The number of carbonyl (C=O) groups excluding carboxylic acids is 4. The maximum Gasteiger partial charge on any atom is 0.329 e. The summed E-state index contributed by atoms with van der Waals surface area (Å²) in [6, 6.07) is -1.23. The molecule has 0 bridgehead atoms. The summed E-state index contributed by atoms with van der Waals surface area (Å²) in [6.45, 7) is 5.90. The summed E-state index contributed by atoms with van der Waals surface area (Å²) >= 11 is 0. The normalized spacial score (nSPS) is 33.5. The Morgan fingerprint density at radius 3 is 2.44 bits per heavy atom. The van der Waals surface area contributed by atoms with Gasteiger partial charge < -0.3 is 26.2 Å². The molecular weight excluding hydrogens is 468 g/mol. The number of hydrogen-bond donors (Lipinski definition) is 4. The Bertz CT molecular complexity index is 949. The highest BCUT2D eigenvalue weighted by Gasteiger charge is 2.51. The van der Waals surface area contributed by atoms with Gasteiger partial charge in [-0.3, -0.25) is 24.7 Å². The van der Waals surface area contributed by atoms with Crippen LogP contribution in [-0.2, 0) is 14.3 Å². The maximum atomic E-state index is 13.3. The van der Waals surface area contributed by atoms with Crippen molar-refractivity contribution in [2.24, 2.45) is 22.3 Å². The van der Waals surface area contributed by atoms with E-state index in [0.29, 0.717) is 64.8 Å². The molecule has 3 saturated heterocycles. The van der Waals surface area contributed by atoms with Crippen LogP contribution in [0.5, 0.6) is 0 Å². The summed E-state index contributed by atoms with van der Waals surface area (Å²) in [6.07, 6.45) is 3.05. The van der Waals surface area contributed by atoms with Crippen molar-refractivity contribution >= 4 is 23.9 Å². The molecule has 6 amide bonds. The van der Waals surface area contributed by atoms with Crippen LogP contribution in [0, 0.1) is 10.8 Å². The van der Waals surface area contributed by atoms with Gasteiger partial charge in [0.15, 0.2) is 6.23 Å². The molecule has 0 aromatic rings. The summed E-state index contributed by atoms with van der Waals surface area (Å²) in [5.41, 5.74) is 10.4. The number of amides is 6. The van der Waals surface area contributed by atoms with Gasteiger partial charge in [-0.2, -0.15) is 0 Å². The van der Waals surface area contributed by atoms with E-state index in [1.54, 1.807) is 4.90 Å². The summed E-state index contributed by atoms with van der Waals surface area (Å²) < 4.78 is 5.46. The third-order valence-corrected chi connectivity index (χ3v) is 8.21. The average Bonchev–Trinajstić information content (AvgIpc) is 3.28. The molecule has 1 unspecified atom stereocenters. The zero-order valence-electron chi connectivity index (χ0n) is 21.1.